The molecular weight excluding hydrogens is 178 g/mol. The fourth-order valence-electron chi connectivity index (χ4n) is 0.507. The lowest BCUT2D eigenvalue weighted by molar-refractivity contribution is -0.137. The molecule has 0 aromatic rings. The van der Waals surface area contributed by atoms with Crippen LogP contribution >= 0.6 is 11.8 Å². The van der Waals surface area contributed by atoms with Crippen LogP contribution in [0.4, 0.5) is 0 Å². The van der Waals surface area contributed by atoms with Gasteiger partial charge < -0.3 is 15.9 Å². The third-order valence-corrected chi connectivity index (χ3v) is 2.58. The predicted octanol–water partition coefficient (Wildman–Crippen LogP) is -0.0976. The lowest BCUT2D eigenvalue weighted by Gasteiger charge is -2.16. The summed E-state index contributed by atoms with van der Waals surface area (Å²) in [6, 6.07) is -0.836. The molecule has 12 heavy (non-hydrogen) atoms. The van der Waals surface area contributed by atoms with Gasteiger partial charge in [0, 0.05) is 11.5 Å². The molecule has 0 aliphatic heterocycles. The molecule has 1 atom stereocenters. The van der Waals surface area contributed by atoms with Crippen molar-refractivity contribution in [3.8, 4) is 0 Å². The number of carboxylic acids is 1. The number of thioether (sulfide) groups is 1. The molecule has 0 saturated carbocycles. The van der Waals surface area contributed by atoms with E-state index in [0.29, 0.717) is 11.5 Å². The van der Waals surface area contributed by atoms with E-state index in [-0.39, 0.29) is 0 Å². The van der Waals surface area contributed by atoms with Gasteiger partial charge in [-0.05, 0) is 13.8 Å². The van der Waals surface area contributed by atoms with E-state index in [1.165, 1.54) is 11.8 Å². The first-order chi connectivity index (χ1) is 5.33. The molecule has 0 fully saturated rings. The van der Waals surface area contributed by atoms with Crippen molar-refractivity contribution in [2.45, 2.75) is 25.5 Å². The number of aliphatic hydroxyl groups is 1. The van der Waals surface area contributed by atoms with Crippen molar-refractivity contribution in [3.63, 3.8) is 0 Å². The maximum atomic E-state index is 10.3. The first-order valence-electron chi connectivity index (χ1n) is 3.61. The van der Waals surface area contributed by atoms with Crippen LogP contribution < -0.4 is 5.73 Å². The van der Waals surface area contributed by atoms with Gasteiger partial charge in [0.25, 0.3) is 0 Å². The molecule has 0 aromatic carbocycles. The van der Waals surface area contributed by atoms with Gasteiger partial charge in [0.15, 0.2) is 0 Å². The fraction of sp³-hybridized carbons (Fsp3) is 0.857. The van der Waals surface area contributed by atoms with Crippen LogP contribution in [0.2, 0.25) is 0 Å². The lowest BCUT2D eigenvalue weighted by atomic mass is 10.2. The van der Waals surface area contributed by atoms with Gasteiger partial charge in [-0.25, -0.2) is 0 Å². The molecule has 0 saturated heterocycles. The minimum atomic E-state index is -1.00. The molecule has 0 heterocycles. The quantitative estimate of drug-likeness (QED) is 0.568. The molecule has 0 amide bonds. The van der Waals surface area contributed by atoms with Crippen molar-refractivity contribution in [2.24, 2.45) is 5.73 Å². The Bertz CT molecular complexity index is 155. The molecular formula is C7H15NO3S. The Morgan fingerprint density at radius 2 is 2.17 bits per heavy atom. The van der Waals surface area contributed by atoms with E-state index in [1.807, 2.05) is 0 Å². The van der Waals surface area contributed by atoms with Gasteiger partial charge in [-0.1, -0.05) is 0 Å². The maximum absolute atomic E-state index is 10.3. The molecule has 0 unspecified atom stereocenters. The van der Waals surface area contributed by atoms with Gasteiger partial charge in [-0.15, -0.1) is 0 Å². The zero-order chi connectivity index (χ0) is 9.78. The first-order valence-corrected chi connectivity index (χ1v) is 4.77. The summed E-state index contributed by atoms with van der Waals surface area (Å²) in [6.07, 6.45) is 0. The van der Waals surface area contributed by atoms with Crippen molar-refractivity contribution in [1.29, 1.82) is 0 Å². The average Bonchev–Trinajstić information content (AvgIpc) is 1.84. The highest BCUT2D eigenvalue weighted by atomic mass is 32.2. The second-order valence-corrected chi connectivity index (χ2v) is 4.30. The molecule has 72 valence electrons. The minimum absolute atomic E-state index is 0.333. The summed E-state index contributed by atoms with van der Waals surface area (Å²) in [7, 11) is 0. The largest absolute Gasteiger partial charge is 0.480 e. The van der Waals surface area contributed by atoms with Crippen LogP contribution in [0.5, 0.6) is 0 Å². The Balaban J connectivity index is 3.51. The molecule has 0 bridgehead atoms. The smallest absolute Gasteiger partial charge is 0.321 e. The number of hydrogen-bond donors (Lipinski definition) is 3. The Morgan fingerprint density at radius 1 is 1.67 bits per heavy atom. The second kappa shape index (κ2) is 4.69. The van der Waals surface area contributed by atoms with Gasteiger partial charge in [0.05, 0.1) is 5.60 Å². The Hall–Kier alpha value is -0.260. The zero-order valence-electron chi connectivity index (χ0n) is 7.28. The van der Waals surface area contributed by atoms with Crippen molar-refractivity contribution >= 4 is 17.7 Å². The molecule has 4 N–H and O–H groups in total. The Kier molecular flexibility index (Phi) is 4.59. The van der Waals surface area contributed by atoms with Crippen LogP contribution in [0.3, 0.4) is 0 Å². The van der Waals surface area contributed by atoms with E-state index in [9.17, 15) is 9.90 Å². The Morgan fingerprint density at radius 3 is 2.50 bits per heavy atom. The van der Waals surface area contributed by atoms with Crippen LogP contribution in [0.1, 0.15) is 13.8 Å². The summed E-state index contributed by atoms with van der Waals surface area (Å²) >= 11 is 1.34. The van der Waals surface area contributed by atoms with Gasteiger partial charge in [0.2, 0.25) is 0 Å². The summed E-state index contributed by atoms with van der Waals surface area (Å²) in [5, 5.41) is 17.7. The number of aliphatic carboxylic acids is 1. The van der Waals surface area contributed by atoms with Crippen molar-refractivity contribution in [3.05, 3.63) is 0 Å². The third kappa shape index (κ3) is 6.45. The number of nitrogens with two attached hydrogens (primary N) is 1. The number of rotatable bonds is 5. The average molecular weight is 193 g/mol. The molecule has 4 nitrogen and oxygen atoms in total. The summed E-state index contributed by atoms with van der Waals surface area (Å²) < 4.78 is 0. The SMILES string of the molecule is CC(C)(O)CSC[C@@H](N)C(=O)O. The Labute approximate surface area is 76.1 Å². The highest BCUT2D eigenvalue weighted by molar-refractivity contribution is 7.99. The molecule has 0 aliphatic carbocycles. The van der Waals surface area contributed by atoms with Gasteiger partial charge in [0.1, 0.15) is 6.04 Å². The second-order valence-electron chi connectivity index (χ2n) is 3.27. The van der Waals surface area contributed by atoms with Crippen LogP contribution in [0.25, 0.3) is 0 Å². The molecule has 0 aromatic heterocycles. The van der Waals surface area contributed by atoms with Gasteiger partial charge in [-0.2, -0.15) is 11.8 Å². The lowest BCUT2D eigenvalue weighted by Crippen LogP contribution is -2.33. The van der Waals surface area contributed by atoms with Crippen LogP contribution in [0.15, 0.2) is 0 Å². The van der Waals surface area contributed by atoms with Crippen molar-refractivity contribution < 1.29 is 15.0 Å². The molecule has 0 aliphatic rings. The van der Waals surface area contributed by atoms with E-state index >= 15 is 0 Å². The highest BCUT2D eigenvalue weighted by Gasteiger charge is 2.16. The van der Waals surface area contributed by atoms with E-state index in [4.69, 9.17) is 10.8 Å². The van der Waals surface area contributed by atoms with E-state index in [1.54, 1.807) is 13.8 Å². The van der Waals surface area contributed by atoms with Crippen LogP contribution in [0, 0.1) is 0 Å². The maximum Gasteiger partial charge on any atom is 0.321 e. The fourth-order valence-corrected chi connectivity index (χ4v) is 1.52. The normalized spacial score (nSPS) is 14.3. The van der Waals surface area contributed by atoms with Crippen LogP contribution in [-0.2, 0) is 4.79 Å². The zero-order valence-corrected chi connectivity index (χ0v) is 8.10. The standard InChI is InChI=1S/C7H15NO3S/c1-7(2,11)4-12-3-5(8)6(9)10/h5,11H,3-4,8H2,1-2H3,(H,9,10)/t5-/m1/s1. The number of carboxylic acid groups (broad SMARTS) is 1. The molecule has 0 radical (unpaired) electrons. The number of carbonyl (C=O) groups is 1. The molecule has 0 spiro atoms. The molecule has 0 rings (SSSR count). The minimum Gasteiger partial charge on any atom is -0.480 e. The van der Waals surface area contributed by atoms with Crippen LogP contribution in [-0.4, -0.2) is 39.3 Å². The van der Waals surface area contributed by atoms with Crippen molar-refractivity contribution in [2.75, 3.05) is 11.5 Å². The topological polar surface area (TPSA) is 83.5 Å². The summed E-state index contributed by atoms with van der Waals surface area (Å²) in [5.74, 6) is -0.175. The van der Waals surface area contributed by atoms with Gasteiger partial charge in [-0.3, -0.25) is 4.79 Å². The highest BCUT2D eigenvalue weighted by Crippen LogP contribution is 2.12. The summed E-state index contributed by atoms with van der Waals surface area (Å²) in [4.78, 5) is 10.3. The van der Waals surface area contributed by atoms with E-state index in [2.05, 4.69) is 0 Å². The van der Waals surface area contributed by atoms with E-state index < -0.39 is 17.6 Å². The van der Waals surface area contributed by atoms with Crippen molar-refractivity contribution in [1.82, 2.24) is 0 Å². The summed E-state index contributed by atoms with van der Waals surface area (Å²) in [6.45, 7) is 3.35. The number of hydrogen-bond acceptors (Lipinski definition) is 4. The predicted molar refractivity (Wildman–Crippen MR) is 49.2 cm³/mol. The monoisotopic (exact) mass is 193 g/mol. The first kappa shape index (κ1) is 11.7. The summed E-state index contributed by atoms with van der Waals surface area (Å²) in [5.41, 5.74) is 4.48. The van der Waals surface area contributed by atoms with Gasteiger partial charge >= 0.3 is 5.97 Å². The van der Waals surface area contributed by atoms with E-state index in [0.717, 1.165) is 0 Å². The molecule has 5 heteroatoms. The third-order valence-electron chi connectivity index (χ3n) is 1.07.